The van der Waals surface area contributed by atoms with Gasteiger partial charge in [-0.1, -0.05) is 12.1 Å². The minimum atomic E-state index is -0.903. The number of hydrogen-bond acceptors (Lipinski definition) is 4. The molecule has 2 N–H and O–H groups in total. The lowest BCUT2D eigenvalue weighted by atomic mass is 9.98. The van der Waals surface area contributed by atoms with Crippen LogP contribution in [-0.4, -0.2) is 34.9 Å². The van der Waals surface area contributed by atoms with Crippen LogP contribution >= 0.6 is 0 Å². The number of Topliss-reactive ketones (excluding diaryl/α,β-unsaturated/α-hetero) is 1. The van der Waals surface area contributed by atoms with Crippen molar-refractivity contribution in [1.29, 1.82) is 0 Å². The van der Waals surface area contributed by atoms with Crippen molar-refractivity contribution in [1.82, 2.24) is 5.32 Å². The minimum Gasteiger partial charge on any atom is -0.484 e. The number of nitrogens with one attached hydrogen (secondary N) is 1. The Bertz CT molecular complexity index is 565. The normalized spacial score (nSPS) is 10.9. The molecule has 0 saturated heterocycles. The van der Waals surface area contributed by atoms with Gasteiger partial charge in [0.05, 0.1) is 0 Å². The quantitative estimate of drug-likeness (QED) is 0.717. The van der Waals surface area contributed by atoms with Gasteiger partial charge in [0.2, 0.25) is 0 Å². The van der Waals surface area contributed by atoms with Gasteiger partial charge in [-0.05, 0) is 39.3 Å². The van der Waals surface area contributed by atoms with E-state index in [9.17, 15) is 14.4 Å². The average molecular weight is 307 g/mol. The molecule has 0 heterocycles. The zero-order valence-corrected chi connectivity index (χ0v) is 13.0. The molecule has 6 heteroatoms. The number of amides is 1. The molecule has 0 aliphatic rings. The van der Waals surface area contributed by atoms with Crippen LogP contribution in [-0.2, 0) is 9.59 Å². The Kier molecular flexibility index (Phi) is 6.10. The van der Waals surface area contributed by atoms with E-state index < -0.39 is 11.5 Å². The van der Waals surface area contributed by atoms with Crippen LogP contribution in [0.4, 0.5) is 0 Å². The summed E-state index contributed by atoms with van der Waals surface area (Å²) < 4.78 is 5.35. The zero-order valence-electron chi connectivity index (χ0n) is 13.0. The van der Waals surface area contributed by atoms with Crippen molar-refractivity contribution in [2.45, 2.75) is 39.2 Å². The molecule has 0 saturated carbocycles. The standard InChI is InChI=1S/C16H21NO5/c1-11(18)12-5-4-6-13(9-12)22-10-14(19)17-16(2,3)8-7-15(20)21/h4-6,9H,7-8,10H2,1-3H3,(H,17,19)(H,20,21). The van der Waals surface area contributed by atoms with Crippen molar-refractivity contribution in [2.24, 2.45) is 0 Å². The third kappa shape index (κ3) is 6.39. The van der Waals surface area contributed by atoms with Gasteiger partial charge in [-0.2, -0.15) is 0 Å². The Balaban J connectivity index is 2.50. The number of ether oxygens (including phenoxy) is 1. The maximum absolute atomic E-state index is 11.8. The topological polar surface area (TPSA) is 92.7 Å². The van der Waals surface area contributed by atoms with Gasteiger partial charge in [-0.25, -0.2) is 0 Å². The maximum atomic E-state index is 11.8. The van der Waals surface area contributed by atoms with Crippen LogP contribution in [0.15, 0.2) is 24.3 Å². The Labute approximate surface area is 129 Å². The second-order valence-electron chi connectivity index (χ2n) is 5.70. The summed E-state index contributed by atoms with van der Waals surface area (Å²) in [6.07, 6.45) is 0.308. The maximum Gasteiger partial charge on any atom is 0.303 e. The highest BCUT2D eigenvalue weighted by atomic mass is 16.5. The number of carbonyl (C=O) groups is 3. The second kappa shape index (κ2) is 7.59. The number of ketones is 1. The lowest BCUT2D eigenvalue weighted by molar-refractivity contribution is -0.138. The lowest BCUT2D eigenvalue weighted by Crippen LogP contribution is -2.45. The highest BCUT2D eigenvalue weighted by Gasteiger charge is 2.21. The molecule has 0 aliphatic carbocycles. The Morgan fingerprint density at radius 1 is 1.27 bits per heavy atom. The summed E-state index contributed by atoms with van der Waals surface area (Å²) in [5.41, 5.74) is -0.111. The minimum absolute atomic E-state index is 0.0191. The van der Waals surface area contributed by atoms with Crippen LogP contribution in [0.2, 0.25) is 0 Å². The largest absolute Gasteiger partial charge is 0.484 e. The molecule has 0 bridgehead atoms. The monoisotopic (exact) mass is 307 g/mol. The van der Waals surface area contributed by atoms with Crippen LogP contribution < -0.4 is 10.1 Å². The molecule has 0 spiro atoms. The van der Waals surface area contributed by atoms with E-state index in [1.807, 2.05) is 0 Å². The number of aliphatic carboxylic acids is 1. The molecule has 22 heavy (non-hydrogen) atoms. The van der Waals surface area contributed by atoms with E-state index in [0.717, 1.165) is 0 Å². The Hall–Kier alpha value is -2.37. The van der Waals surface area contributed by atoms with Gasteiger partial charge in [-0.15, -0.1) is 0 Å². The van der Waals surface area contributed by atoms with E-state index in [4.69, 9.17) is 9.84 Å². The number of benzene rings is 1. The van der Waals surface area contributed by atoms with Gasteiger partial charge in [0.25, 0.3) is 5.91 Å². The van der Waals surface area contributed by atoms with E-state index in [1.54, 1.807) is 38.1 Å². The summed E-state index contributed by atoms with van der Waals surface area (Å²) >= 11 is 0. The zero-order chi connectivity index (χ0) is 16.8. The first-order valence-electron chi connectivity index (χ1n) is 6.96. The van der Waals surface area contributed by atoms with E-state index in [2.05, 4.69) is 5.32 Å². The van der Waals surface area contributed by atoms with Crippen LogP contribution in [0.1, 0.15) is 44.0 Å². The smallest absolute Gasteiger partial charge is 0.303 e. The first-order valence-corrected chi connectivity index (χ1v) is 6.96. The number of carbonyl (C=O) groups excluding carboxylic acids is 2. The average Bonchev–Trinajstić information content (AvgIpc) is 2.43. The van der Waals surface area contributed by atoms with Gasteiger partial charge >= 0.3 is 5.97 Å². The molecule has 0 radical (unpaired) electrons. The van der Waals surface area contributed by atoms with Crippen molar-refractivity contribution >= 4 is 17.7 Å². The Morgan fingerprint density at radius 2 is 1.95 bits per heavy atom. The predicted molar refractivity (Wildman–Crippen MR) is 81.0 cm³/mol. The van der Waals surface area contributed by atoms with E-state index in [0.29, 0.717) is 17.7 Å². The molecular weight excluding hydrogens is 286 g/mol. The molecule has 0 fully saturated rings. The fourth-order valence-corrected chi connectivity index (χ4v) is 1.85. The predicted octanol–water partition coefficient (Wildman–Crippen LogP) is 2.03. The van der Waals surface area contributed by atoms with Crippen molar-refractivity contribution in [3.8, 4) is 5.75 Å². The van der Waals surface area contributed by atoms with E-state index >= 15 is 0 Å². The van der Waals surface area contributed by atoms with Crippen LogP contribution in [0.25, 0.3) is 0 Å². The summed E-state index contributed by atoms with van der Waals surface area (Å²) in [7, 11) is 0. The van der Waals surface area contributed by atoms with Gasteiger partial charge in [-0.3, -0.25) is 14.4 Å². The molecule has 1 amide bonds. The molecular formula is C16H21NO5. The van der Waals surface area contributed by atoms with Crippen LogP contribution in [0, 0.1) is 0 Å². The highest BCUT2D eigenvalue weighted by Crippen LogP contribution is 2.14. The highest BCUT2D eigenvalue weighted by molar-refractivity contribution is 5.94. The molecule has 1 rings (SSSR count). The molecule has 0 aromatic heterocycles. The fraction of sp³-hybridized carbons (Fsp3) is 0.438. The van der Waals surface area contributed by atoms with E-state index in [1.165, 1.54) is 6.92 Å². The molecule has 1 aromatic carbocycles. The summed E-state index contributed by atoms with van der Waals surface area (Å²) in [4.78, 5) is 33.7. The number of carboxylic acids is 1. The molecule has 0 unspecified atom stereocenters. The lowest BCUT2D eigenvalue weighted by Gasteiger charge is -2.25. The molecule has 6 nitrogen and oxygen atoms in total. The number of carboxylic acid groups (broad SMARTS) is 1. The third-order valence-electron chi connectivity index (χ3n) is 3.05. The summed E-state index contributed by atoms with van der Waals surface area (Å²) in [5.74, 6) is -0.890. The van der Waals surface area contributed by atoms with Gasteiger partial charge in [0.15, 0.2) is 12.4 Å². The van der Waals surface area contributed by atoms with Crippen molar-refractivity contribution in [2.75, 3.05) is 6.61 Å². The first kappa shape index (κ1) is 17.7. The summed E-state index contributed by atoms with van der Waals surface area (Å²) in [6, 6.07) is 6.59. The number of rotatable bonds is 8. The van der Waals surface area contributed by atoms with Crippen molar-refractivity contribution in [3.05, 3.63) is 29.8 Å². The SMILES string of the molecule is CC(=O)c1cccc(OCC(=O)NC(C)(C)CCC(=O)O)c1. The van der Waals surface area contributed by atoms with Crippen LogP contribution in [0.5, 0.6) is 5.75 Å². The Morgan fingerprint density at radius 3 is 2.55 bits per heavy atom. The molecule has 0 atom stereocenters. The third-order valence-corrected chi connectivity index (χ3v) is 3.05. The van der Waals surface area contributed by atoms with Gasteiger partial charge < -0.3 is 15.2 Å². The first-order chi connectivity index (χ1) is 10.2. The fourth-order valence-electron chi connectivity index (χ4n) is 1.85. The van der Waals surface area contributed by atoms with Crippen molar-refractivity contribution in [3.63, 3.8) is 0 Å². The van der Waals surface area contributed by atoms with Crippen LogP contribution in [0.3, 0.4) is 0 Å². The van der Waals surface area contributed by atoms with Gasteiger partial charge in [0.1, 0.15) is 5.75 Å². The molecule has 1 aromatic rings. The number of hydrogen-bond donors (Lipinski definition) is 2. The van der Waals surface area contributed by atoms with Gasteiger partial charge in [0, 0.05) is 17.5 Å². The molecule has 0 aliphatic heterocycles. The second-order valence-corrected chi connectivity index (χ2v) is 5.70. The van der Waals surface area contributed by atoms with Crippen molar-refractivity contribution < 1.29 is 24.2 Å². The molecule has 120 valence electrons. The summed E-state index contributed by atoms with van der Waals surface area (Å²) in [5, 5.41) is 11.4. The summed E-state index contributed by atoms with van der Waals surface area (Å²) in [6.45, 7) is 4.77. The van der Waals surface area contributed by atoms with E-state index in [-0.39, 0.29) is 24.7 Å².